The van der Waals surface area contributed by atoms with E-state index in [0.717, 1.165) is 12.8 Å². The Bertz CT molecular complexity index is 300. The van der Waals surface area contributed by atoms with Crippen LogP contribution in [0.25, 0.3) is 0 Å². The van der Waals surface area contributed by atoms with E-state index in [2.05, 4.69) is 5.32 Å². The summed E-state index contributed by atoms with van der Waals surface area (Å²) >= 11 is 0. The molecular weight excluding hydrogens is 203 g/mol. The summed E-state index contributed by atoms with van der Waals surface area (Å²) in [6, 6.07) is 7.37. The summed E-state index contributed by atoms with van der Waals surface area (Å²) in [4.78, 5) is 0. The molecule has 0 radical (unpaired) electrons. The first-order chi connectivity index (χ1) is 6.25. The Balaban J connectivity index is 0.000000980. The molecule has 1 aliphatic rings. The van der Waals surface area contributed by atoms with E-state index in [1.165, 1.54) is 6.07 Å². The highest BCUT2D eigenvalue weighted by Gasteiger charge is 2.25. The summed E-state index contributed by atoms with van der Waals surface area (Å²) in [5, 5.41) is 3.12. The molecule has 0 amide bonds. The van der Waals surface area contributed by atoms with Gasteiger partial charge in [-0.25, -0.2) is 4.39 Å². The zero-order chi connectivity index (χ0) is 9.26. The van der Waals surface area contributed by atoms with Crippen LogP contribution in [0.1, 0.15) is 12.8 Å². The molecule has 0 spiro atoms. The van der Waals surface area contributed by atoms with Gasteiger partial charge in [-0.2, -0.15) is 0 Å². The van der Waals surface area contributed by atoms with Gasteiger partial charge in [0.1, 0.15) is 5.82 Å². The maximum absolute atomic E-state index is 13.1. The number of rotatable bonds is 2. The molecule has 0 bridgehead atoms. The van der Waals surface area contributed by atoms with Gasteiger partial charge in [0.15, 0.2) is 0 Å². The van der Waals surface area contributed by atoms with Crippen molar-refractivity contribution in [3.8, 4) is 0 Å². The van der Waals surface area contributed by atoms with Gasteiger partial charge in [0.05, 0.1) is 5.69 Å². The van der Waals surface area contributed by atoms with Crippen LogP contribution in [0.3, 0.4) is 0 Å². The SMILES string of the molecule is Cl.N[C@H]1C[C@@H](Nc2ccccc2F)C1. The second-order valence-electron chi connectivity index (χ2n) is 3.55. The van der Waals surface area contributed by atoms with Crippen molar-refractivity contribution in [1.82, 2.24) is 0 Å². The third kappa shape index (κ3) is 2.36. The number of benzene rings is 1. The van der Waals surface area contributed by atoms with Gasteiger partial charge in [-0.15, -0.1) is 12.4 Å². The number of para-hydroxylation sites is 1. The van der Waals surface area contributed by atoms with Crippen LogP contribution in [-0.4, -0.2) is 12.1 Å². The molecule has 0 heterocycles. The van der Waals surface area contributed by atoms with Crippen LogP contribution in [0, 0.1) is 5.82 Å². The largest absolute Gasteiger partial charge is 0.380 e. The Hall–Kier alpha value is -0.800. The molecule has 4 heteroatoms. The first-order valence-corrected chi connectivity index (χ1v) is 4.52. The molecule has 0 atom stereocenters. The summed E-state index contributed by atoms with van der Waals surface area (Å²) in [6.45, 7) is 0. The molecule has 78 valence electrons. The maximum atomic E-state index is 13.1. The predicted molar refractivity (Wildman–Crippen MR) is 58.3 cm³/mol. The van der Waals surface area contributed by atoms with Crippen LogP contribution in [0.2, 0.25) is 0 Å². The molecule has 2 rings (SSSR count). The van der Waals surface area contributed by atoms with Gasteiger partial charge in [-0.1, -0.05) is 12.1 Å². The van der Waals surface area contributed by atoms with Gasteiger partial charge in [0.25, 0.3) is 0 Å². The summed E-state index contributed by atoms with van der Waals surface area (Å²) in [5.74, 6) is -0.192. The molecule has 0 saturated heterocycles. The van der Waals surface area contributed by atoms with Crippen LogP contribution in [-0.2, 0) is 0 Å². The zero-order valence-corrected chi connectivity index (χ0v) is 8.56. The second-order valence-corrected chi connectivity index (χ2v) is 3.55. The summed E-state index contributed by atoms with van der Waals surface area (Å²) in [7, 11) is 0. The molecule has 1 aliphatic carbocycles. The molecule has 2 nitrogen and oxygen atoms in total. The van der Waals surface area contributed by atoms with Gasteiger partial charge in [0.2, 0.25) is 0 Å². The number of anilines is 1. The first kappa shape index (κ1) is 11.3. The molecule has 0 aliphatic heterocycles. The molecule has 14 heavy (non-hydrogen) atoms. The Morgan fingerprint density at radius 1 is 1.29 bits per heavy atom. The van der Waals surface area contributed by atoms with E-state index < -0.39 is 0 Å². The number of hydrogen-bond donors (Lipinski definition) is 2. The third-order valence-electron chi connectivity index (χ3n) is 2.41. The summed E-state index contributed by atoms with van der Waals surface area (Å²) in [6.07, 6.45) is 1.88. The van der Waals surface area contributed by atoms with Crippen LogP contribution in [0.5, 0.6) is 0 Å². The van der Waals surface area contributed by atoms with E-state index in [9.17, 15) is 4.39 Å². The molecule has 1 fully saturated rings. The monoisotopic (exact) mass is 216 g/mol. The highest BCUT2D eigenvalue weighted by Crippen LogP contribution is 2.23. The van der Waals surface area contributed by atoms with E-state index in [0.29, 0.717) is 17.8 Å². The second kappa shape index (κ2) is 4.62. The van der Waals surface area contributed by atoms with Crippen LogP contribution in [0.4, 0.5) is 10.1 Å². The van der Waals surface area contributed by atoms with Crippen LogP contribution in [0.15, 0.2) is 24.3 Å². The third-order valence-corrected chi connectivity index (χ3v) is 2.41. The minimum atomic E-state index is -0.192. The van der Waals surface area contributed by atoms with Crippen molar-refractivity contribution in [2.24, 2.45) is 5.73 Å². The topological polar surface area (TPSA) is 38.0 Å². The average Bonchev–Trinajstić information content (AvgIpc) is 2.06. The van der Waals surface area contributed by atoms with Crippen molar-refractivity contribution in [3.05, 3.63) is 30.1 Å². The number of halogens is 2. The van der Waals surface area contributed by atoms with Gasteiger partial charge in [0, 0.05) is 12.1 Å². The van der Waals surface area contributed by atoms with Crippen molar-refractivity contribution in [2.45, 2.75) is 24.9 Å². The zero-order valence-electron chi connectivity index (χ0n) is 7.74. The number of nitrogens with two attached hydrogens (primary N) is 1. The predicted octanol–water partition coefficient (Wildman–Crippen LogP) is 2.15. The molecule has 1 aromatic rings. The smallest absolute Gasteiger partial charge is 0.146 e. The van der Waals surface area contributed by atoms with Gasteiger partial charge in [-0.05, 0) is 25.0 Å². The van der Waals surface area contributed by atoms with Crippen LogP contribution >= 0.6 is 12.4 Å². The number of hydrogen-bond acceptors (Lipinski definition) is 2. The molecular formula is C10H14ClFN2. The number of nitrogens with one attached hydrogen (secondary N) is 1. The van der Waals surface area contributed by atoms with E-state index in [1.54, 1.807) is 12.1 Å². The normalized spacial score (nSPS) is 24.7. The minimum Gasteiger partial charge on any atom is -0.380 e. The van der Waals surface area contributed by atoms with Crippen LogP contribution < -0.4 is 11.1 Å². The lowest BCUT2D eigenvalue weighted by Gasteiger charge is -2.33. The lowest BCUT2D eigenvalue weighted by molar-refractivity contribution is 0.372. The van der Waals surface area contributed by atoms with Crippen molar-refractivity contribution in [1.29, 1.82) is 0 Å². The maximum Gasteiger partial charge on any atom is 0.146 e. The molecule has 1 aromatic carbocycles. The summed E-state index contributed by atoms with van der Waals surface area (Å²) < 4.78 is 13.1. The van der Waals surface area contributed by atoms with E-state index in [-0.39, 0.29) is 18.2 Å². The first-order valence-electron chi connectivity index (χ1n) is 4.52. The van der Waals surface area contributed by atoms with Crippen molar-refractivity contribution >= 4 is 18.1 Å². The van der Waals surface area contributed by atoms with E-state index in [4.69, 9.17) is 5.73 Å². The minimum absolute atomic E-state index is 0. The Labute approximate surface area is 89.1 Å². The quantitative estimate of drug-likeness (QED) is 0.795. The Kier molecular flexibility index (Phi) is 3.72. The summed E-state index contributed by atoms with van der Waals surface area (Å²) in [5.41, 5.74) is 6.21. The highest BCUT2D eigenvalue weighted by molar-refractivity contribution is 5.85. The highest BCUT2D eigenvalue weighted by atomic mass is 35.5. The standard InChI is InChI=1S/C10H13FN2.ClH/c11-9-3-1-2-4-10(9)13-8-5-7(12)6-8;/h1-4,7-8,13H,5-6,12H2;1H/t7-,8+;. The van der Waals surface area contributed by atoms with Crippen molar-refractivity contribution in [2.75, 3.05) is 5.32 Å². The average molecular weight is 217 g/mol. The fourth-order valence-corrected chi connectivity index (χ4v) is 1.58. The molecule has 1 saturated carbocycles. The lowest BCUT2D eigenvalue weighted by atomic mass is 9.87. The van der Waals surface area contributed by atoms with Crippen molar-refractivity contribution in [3.63, 3.8) is 0 Å². The molecule has 0 unspecified atom stereocenters. The van der Waals surface area contributed by atoms with Gasteiger partial charge < -0.3 is 11.1 Å². The Morgan fingerprint density at radius 3 is 2.50 bits per heavy atom. The van der Waals surface area contributed by atoms with E-state index in [1.807, 2.05) is 6.07 Å². The molecule has 3 N–H and O–H groups in total. The fraction of sp³-hybridized carbons (Fsp3) is 0.400. The van der Waals surface area contributed by atoms with Gasteiger partial charge in [-0.3, -0.25) is 0 Å². The van der Waals surface area contributed by atoms with Gasteiger partial charge >= 0.3 is 0 Å². The van der Waals surface area contributed by atoms with E-state index >= 15 is 0 Å². The fourth-order valence-electron chi connectivity index (χ4n) is 1.58. The molecule has 0 aromatic heterocycles. The Morgan fingerprint density at radius 2 is 1.93 bits per heavy atom. The lowest BCUT2D eigenvalue weighted by Crippen LogP contribution is -2.44. The van der Waals surface area contributed by atoms with Crippen molar-refractivity contribution < 1.29 is 4.39 Å².